The zero-order valence-corrected chi connectivity index (χ0v) is 30.9. The van der Waals surface area contributed by atoms with Crippen LogP contribution >= 0.6 is 0 Å². The number of likely N-dealkylation sites (N-methyl/N-ethyl adjacent to an activating group) is 1. The number of rotatable bonds is 16. The first-order valence-electron chi connectivity index (χ1n) is 18.2. The van der Waals surface area contributed by atoms with E-state index in [2.05, 4.69) is 36.3 Å². The molecule has 9 nitrogen and oxygen atoms in total. The van der Waals surface area contributed by atoms with Crippen LogP contribution in [0.3, 0.4) is 0 Å². The van der Waals surface area contributed by atoms with Gasteiger partial charge in [-0.3, -0.25) is 24.1 Å². The fourth-order valence-electron chi connectivity index (χ4n) is 6.91. The lowest BCUT2D eigenvalue weighted by atomic mass is 9.84. The Hall–Kier alpha value is -2.42. The summed E-state index contributed by atoms with van der Waals surface area (Å²) in [4.78, 5) is 60.1. The predicted molar refractivity (Wildman–Crippen MR) is 187 cm³/mol. The summed E-state index contributed by atoms with van der Waals surface area (Å²) in [7, 11) is 1.77. The summed E-state index contributed by atoms with van der Waals surface area (Å²) in [5.74, 6) is -0.463. The molecule has 4 atom stereocenters. The highest BCUT2D eigenvalue weighted by Crippen LogP contribution is 2.27. The fraction of sp³-hybridized carbons (Fsp3) is 0.838. The van der Waals surface area contributed by atoms with Gasteiger partial charge in [0.25, 0.3) is 0 Å². The van der Waals surface area contributed by atoms with Gasteiger partial charge in [0.05, 0.1) is 12.1 Å². The number of nitrogens with one attached hydrogen (secondary N) is 2. The van der Waals surface area contributed by atoms with Gasteiger partial charge in [0.1, 0.15) is 12.1 Å². The van der Waals surface area contributed by atoms with Crippen molar-refractivity contribution in [3.8, 4) is 0 Å². The van der Waals surface area contributed by atoms with E-state index < -0.39 is 17.5 Å². The molecule has 2 N–H and O–H groups in total. The number of nitrogens with zero attached hydrogens (tertiary/aromatic N) is 3. The maximum Gasteiger partial charge on any atom is 0.249 e. The quantitative estimate of drug-likeness (QED) is 0.166. The molecule has 0 aliphatic carbocycles. The van der Waals surface area contributed by atoms with Crippen molar-refractivity contribution in [1.82, 2.24) is 25.3 Å². The van der Waals surface area contributed by atoms with Crippen LogP contribution in [-0.2, 0) is 19.2 Å². The van der Waals surface area contributed by atoms with Crippen molar-refractivity contribution in [3.05, 3.63) is 11.6 Å². The minimum Gasteiger partial charge on any atom is -0.354 e. The highest BCUT2D eigenvalue weighted by molar-refractivity contribution is 5.97. The van der Waals surface area contributed by atoms with Crippen LogP contribution in [0.4, 0.5) is 0 Å². The van der Waals surface area contributed by atoms with Gasteiger partial charge in [-0.25, -0.2) is 0 Å². The van der Waals surface area contributed by atoms with Crippen LogP contribution in [0.1, 0.15) is 133 Å². The largest absolute Gasteiger partial charge is 0.354 e. The van der Waals surface area contributed by atoms with Crippen LogP contribution in [-0.4, -0.2) is 95.2 Å². The van der Waals surface area contributed by atoms with Crippen LogP contribution in [0.2, 0.25) is 0 Å². The van der Waals surface area contributed by atoms with Gasteiger partial charge >= 0.3 is 0 Å². The molecule has 9 heteroatoms. The number of carbonyl (C=O) groups excluding carboxylic acids is 4. The third-order valence-electron chi connectivity index (χ3n) is 9.79. The summed E-state index contributed by atoms with van der Waals surface area (Å²) in [6.45, 7) is 20.3. The molecule has 1 unspecified atom stereocenters. The minimum atomic E-state index is -0.718. The van der Waals surface area contributed by atoms with Crippen LogP contribution < -0.4 is 10.6 Å². The topological polar surface area (TPSA) is 102 Å². The van der Waals surface area contributed by atoms with Gasteiger partial charge in [0, 0.05) is 31.8 Å². The molecule has 0 aromatic carbocycles. The maximum absolute atomic E-state index is 14.1. The highest BCUT2D eigenvalue weighted by Gasteiger charge is 2.40. The Kier molecular flexibility index (Phi) is 16.2. The summed E-state index contributed by atoms with van der Waals surface area (Å²) >= 11 is 0. The third-order valence-corrected chi connectivity index (χ3v) is 9.79. The summed E-state index contributed by atoms with van der Waals surface area (Å²) in [5.41, 5.74) is 0.0141. The van der Waals surface area contributed by atoms with E-state index in [1.807, 2.05) is 40.7 Å². The van der Waals surface area contributed by atoms with Crippen molar-refractivity contribution >= 4 is 23.6 Å². The lowest BCUT2D eigenvalue weighted by Crippen LogP contribution is -2.60. The first-order valence-corrected chi connectivity index (χ1v) is 18.2. The molecule has 0 aromatic heterocycles. The molecule has 46 heavy (non-hydrogen) atoms. The van der Waals surface area contributed by atoms with Crippen molar-refractivity contribution in [2.75, 3.05) is 26.7 Å². The smallest absolute Gasteiger partial charge is 0.249 e. The molecule has 2 heterocycles. The van der Waals surface area contributed by atoms with E-state index in [1.165, 1.54) is 25.7 Å². The number of hydrogen-bond acceptors (Lipinski definition) is 5. The second-order valence-corrected chi connectivity index (χ2v) is 15.4. The zero-order valence-electron chi connectivity index (χ0n) is 30.9. The molecule has 2 fully saturated rings. The zero-order chi connectivity index (χ0) is 34.6. The van der Waals surface area contributed by atoms with Gasteiger partial charge in [-0.15, -0.1) is 0 Å². The Morgan fingerprint density at radius 1 is 0.870 bits per heavy atom. The molecule has 2 aliphatic heterocycles. The molecule has 4 amide bonds. The highest BCUT2D eigenvalue weighted by atomic mass is 16.2. The van der Waals surface area contributed by atoms with Gasteiger partial charge in [0.2, 0.25) is 23.6 Å². The van der Waals surface area contributed by atoms with Gasteiger partial charge in [-0.2, -0.15) is 0 Å². The second kappa shape index (κ2) is 18.8. The standard InChI is InChI=1S/C37H67N5O4/c1-11-12-13-14-15-17-22-38-33(43)29-21-19-24-42(29)35(45)28(6)25-31(26(2)3)40(10)36(46)32(37(7,8)9)39-34(44)30-20-16-18-23-41(30)27(4)5/h25-27,29-32H,11-24H2,1-10H3,(H,38,43)(H,39,44)/t29-,30?,31+,32+/m0/s1. The summed E-state index contributed by atoms with van der Waals surface area (Å²) in [6.07, 6.45) is 13.2. The number of carbonyl (C=O) groups is 4. The Labute approximate surface area is 280 Å². The molecule has 0 bridgehead atoms. The molecule has 0 radical (unpaired) electrons. The van der Waals surface area contributed by atoms with Crippen LogP contribution in [0.25, 0.3) is 0 Å². The second-order valence-electron chi connectivity index (χ2n) is 15.4. The van der Waals surface area contributed by atoms with Crippen molar-refractivity contribution in [3.63, 3.8) is 0 Å². The van der Waals surface area contributed by atoms with Gasteiger partial charge in [0.15, 0.2) is 0 Å². The molecule has 2 saturated heterocycles. The third kappa shape index (κ3) is 11.4. The minimum absolute atomic E-state index is 0.0257. The van der Waals surface area contributed by atoms with E-state index in [-0.39, 0.29) is 47.7 Å². The normalized spacial score (nSPS) is 21.0. The van der Waals surface area contributed by atoms with Gasteiger partial charge in [-0.05, 0) is 70.8 Å². The number of piperidine rings is 1. The average molecular weight is 646 g/mol. The number of amides is 4. The van der Waals surface area contributed by atoms with Gasteiger partial charge in [-0.1, -0.05) is 86.1 Å². The van der Waals surface area contributed by atoms with E-state index in [0.717, 1.165) is 45.1 Å². The Morgan fingerprint density at radius 2 is 1.50 bits per heavy atom. The van der Waals surface area contributed by atoms with Crippen LogP contribution in [0, 0.1) is 11.3 Å². The first-order chi connectivity index (χ1) is 21.6. The Balaban J connectivity index is 2.13. The lowest BCUT2D eigenvalue weighted by Gasteiger charge is -2.41. The SMILES string of the molecule is CCCCCCCCNC(=O)[C@@H]1CCCN1C(=O)C(C)=C[C@H](C(C)C)N(C)C(=O)[C@@H](NC(=O)C1CCCCN1C(C)C)C(C)(C)C. The van der Waals surface area contributed by atoms with Crippen molar-refractivity contribution in [2.24, 2.45) is 11.3 Å². The molecular formula is C37H67N5O4. The van der Waals surface area contributed by atoms with E-state index in [1.54, 1.807) is 23.8 Å². The number of hydrogen-bond donors (Lipinski definition) is 2. The molecular weight excluding hydrogens is 578 g/mol. The average Bonchev–Trinajstić information content (AvgIpc) is 3.50. The summed E-state index contributed by atoms with van der Waals surface area (Å²) < 4.78 is 0. The van der Waals surface area contributed by atoms with E-state index in [9.17, 15) is 19.2 Å². The molecule has 0 aromatic rings. The molecule has 2 rings (SSSR count). The van der Waals surface area contributed by atoms with E-state index in [0.29, 0.717) is 25.1 Å². The summed E-state index contributed by atoms with van der Waals surface area (Å²) in [5, 5.41) is 6.21. The van der Waals surface area contributed by atoms with Crippen LogP contribution in [0.15, 0.2) is 11.6 Å². The van der Waals surface area contributed by atoms with E-state index >= 15 is 0 Å². The lowest BCUT2D eigenvalue weighted by molar-refractivity contribution is -0.142. The Bertz CT molecular complexity index is 1030. The van der Waals surface area contributed by atoms with Gasteiger partial charge < -0.3 is 20.4 Å². The monoisotopic (exact) mass is 646 g/mol. The van der Waals surface area contributed by atoms with Crippen molar-refractivity contribution in [1.29, 1.82) is 0 Å². The maximum atomic E-state index is 14.1. The fourth-order valence-corrected chi connectivity index (χ4v) is 6.91. The molecule has 0 saturated carbocycles. The number of unbranched alkanes of at least 4 members (excludes halogenated alkanes) is 5. The molecule has 264 valence electrons. The Morgan fingerprint density at radius 3 is 2.11 bits per heavy atom. The van der Waals surface area contributed by atoms with Crippen LogP contribution in [0.5, 0.6) is 0 Å². The van der Waals surface area contributed by atoms with Crippen molar-refractivity contribution in [2.45, 2.75) is 163 Å². The molecule has 2 aliphatic rings. The number of likely N-dealkylation sites (tertiary alicyclic amines) is 2. The first kappa shape index (κ1) is 39.8. The van der Waals surface area contributed by atoms with E-state index in [4.69, 9.17) is 0 Å². The molecule has 0 spiro atoms. The van der Waals surface area contributed by atoms with Crippen molar-refractivity contribution < 1.29 is 19.2 Å². The predicted octanol–water partition coefficient (Wildman–Crippen LogP) is 5.68. The summed E-state index contributed by atoms with van der Waals surface area (Å²) in [6, 6.07) is -1.53.